The molecule has 1 aliphatic heterocycles. The highest BCUT2D eigenvalue weighted by Crippen LogP contribution is 2.40. The molecule has 1 aliphatic rings. The number of rotatable bonds is 10. The summed E-state index contributed by atoms with van der Waals surface area (Å²) in [6, 6.07) is 16.6. The molecule has 1 aromatic heterocycles. The number of ether oxygens (including phenoxy) is 1. The first kappa shape index (κ1) is 24.7. The second kappa shape index (κ2) is 10.9. The summed E-state index contributed by atoms with van der Waals surface area (Å²) in [6.45, 7) is 6.72. The summed E-state index contributed by atoms with van der Waals surface area (Å²) in [7, 11) is 0. The van der Waals surface area contributed by atoms with Gasteiger partial charge in [-0.05, 0) is 49.9 Å². The summed E-state index contributed by atoms with van der Waals surface area (Å²) in [6.07, 6.45) is 2.62. The van der Waals surface area contributed by atoms with Gasteiger partial charge in [-0.25, -0.2) is 4.98 Å². The Labute approximate surface area is 209 Å². The molecule has 182 valence electrons. The van der Waals surface area contributed by atoms with E-state index in [9.17, 15) is 14.7 Å². The number of hydrogen-bond donors (Lipinski definition) is 1. The van der Waals surface area contributed by atoms with Gasteiger partial charge in [0.05, 0.1) is 33.8 Å². The number of Topliss-reactive ketones (excluding diaryl/α,β-unsaturated/α-hetero) is 1. The standard InChI is InChI=1S/C28H30N2O4S/c1-4-5-17-34-22-13-11-21(12-14-22)24-23(25(31)27-18(2)29-19(3)35-27)26(32)28(33)30(24)16-15-20-9-7-6-8-10-20/h6-14,24,32H,4-5,15-17H2,1-3H3. The highest BCUT2D eigenvalue weighted by atomic mass is 32.1. The molecule has 2 heterocycles. The van der Waals surface area contributed by atoms with Gasteiger partial charge in [0.2, 0.25) is 5.78 Å². The third-order valence-corrected chi connectivity index (χ3v) is 7.18. The van der Waals surface area contributed by atoms with E-state index in [1.165, 1.54) is 11.3 Å². The van der Waals surface area contributed by atoms with Gasteiger partial charge < -0.3 is 14.7 Å². The molecule has 0 fully saturated rings. The Morgan fingerprint density at radius 3 is 2.46 bits per heavy atom. The van der Waals surface area contributed by atoms with Crippen LogP contribution in [0.25, 0.3) is 0 Å². The molecule has 0 saturated carbocycles. The van der Waals surface area contributed by atoms with Crippen molar-refractivity contribution < 1.29 is 19.4 Å². The number of carbonyl (C=O) groups is 2. The van der Waals surface area contributed by atoms with Gasteiger partial charge in [-0.1, -0.05) is 55.8 Å². The van der Waals surface area contributed by atoms with Gasteiger partial charge in [-0.3, -0.25) is 9.59 Å². The smallest absolute Gasteiger partial charge is 0.290 e. The minimum Gasteiger partial charge on any atom is -0.503 e. The fourth-order valence-corrected chi connectivity index (χ4v) is 5.18. The maximum absolute atomic E-state index is 13.6. The summed E-state index contributed by atoms with van der Waals surface area (Å²) < 4.78 is 5.79. The zero-order valence-electron chi connectivity index (χ0n) is 20.3. The number of ketones is 1. The highest BCUT2D eigenvalue weighted by Gasteiger charge is 2.44. The lowest BCUT2D eigenvalue weighted by Crippen LogP contribution is -2.33. The largest absolute Gasteiger partial charge is 0.503 e. The molecule has 7 heteroatoms. The quantitative estimate of drug-likeness (QED) is 0.289. The van der Waals surface area contributed by atoms with Crippen molar-refractivity contribution in [3.8, 4) is 5.75 Å². The fourth-order valence-electron chi connectivity index (χ4n) is 4.30. The molecule has 2 aromatic carbocycles. The van der Waals surface area contributed by atoms with E-state index in [-0.39, 0.29) is 11.4 Å². The van der Waals surface area contributed by atoms with Crippen molar-refractivity contribution in [2.45, 2.75) is 46.1 Å². The summed E-state index contributed by atoms with van der Waals surface area (Å²) in [5, 5.41) is 11.7. The van der Waals surface area contributed by atoms with Crippen molar-refractivity contribution in [1.29, 1.82) is 0 Å². The zero-order valence-corrected chi connectivity index (χ0v) is 21.1. The van der Waals surface area contributed by atoms with E-state index in [2.05, 4.69) is 11.9 Å². The van der Waals surface area contributed by atoms with Gasteiger partial charge in [0.1, 0.15) is 5.75 Å². The molecule has 35 heavy (non-hydrogen) atoms. The van der Waals surface area contributed by atoms with Crippen molar-refractivity contribution in [3.05, 3.63) is 92.6 Å². The Hall–Kier alpha value is -3.45. The van der Waals surface area contributed by atoms with Crippen LogP contribution in [0.3, 0.4) is 0 Å². The van der Waals surface area contributed by atoms with Crippen molar-refractivity contribution in [2.24, 2.45) is 0 Å². The maximum Gasteiger partial charge on any atom is 0.290 e. The Morgan fingerprint density at radius 2 is 1.83 bits per heavy atom. The molecule has 4 rings (SSSR count). The van der Waals surface area contributed by atoms with Crippen LogP contribution in [0.4, 0.5) is 0 Å². The van der Waals surface area contributed by atoms with Gasteiger partial charge in [-0.15, -0.1) is 11.3 Å². The predicted octanol–water partition coefficient (Wildman–Crippen LogP) is 5.76. The molecular weight excluding hydrogens is 460 g/mol. The molecule has 1 atom stereocenters. The monoisotopic (exact) mass is 490 g/mol. The number of amides is 1. The SMILES string of the molecule is CCCCOc1ccc(C2C(C(=O)c3sc(C)nc3C)=C(O)C(=O)N2CCc2ccccc2)cc1. The van der Waals surface area contributed by atoms with Crippen molar-refractivity contribution in [1.82, 2.24) is 9.88 Å². The molecular formula is C28H30N2O4S. The summed E-state index contributed by atoms with van der Waals surface area (Å²) in [5.41, 5.74) is 2.54. The van der Waals surface area contributed by atoms with E-state index in [1.807, 2.05) is 61.5 Å². The number of nitrogens with zero attached hydrogens (tertiary/aromatic N) is 2. The second-order valence-corrected chi connectivity index (χ2v) is 9.85. The van der Waals surface area contributed by atoms with Gasteiger partial charge in [0.25, 0.3) is 5.91 Å². The minimum atomic E-state index is -0.690. The Balaban J connectivity index is 1.68. The van der Waals surface area contributed by atoms with Crippen LogP contribution in [-0.2, 0) is 11.2 Å². The maximum atomic E-state index is 13.6. The average molecular weight is 491 g/mol. The topological polar surface area (TPSA) is 79.7 Å². The van der Waals surface area contributed by atoms with Crippen molar-refractivity contribution >= 4 is 23.0 Å². The van der Waals surface area contributed by atoms with Crippen LogP contribution in [0.2, 0.25) is 0 Å². The Bertz CT molecular complexity index is 1230. The molecule has 0 spiro atoms. The van der Waals surface area contributed by atoms with E-state index in [0.717, 1.165) is 34.7 Å². The lowest BCUT2D eigenvalue weighted by atomic mass is 9.94. The Morgan fingerprint density at radius 1 is 1.11 bits per heavy atom. The van der Waals surface area contributed by atoms with Crippen LogP contribution in [0.15, 0.2) is 65.9 Å². The molecule has 1 N–H and O–H groups in total. The lowest BCUT2D eigenvalue weighted by molar-refractivity contribution is -0.129. The molecule has 0 aliphatic carbocycles. The molecule has 3 aromatic rings. The summed E-state index contributed by atoms with van der Waals surface area (Å²) >= 11 is 1.28. The molecule has 6 nitrogen and oxygen atoms in total. The normalized spacial score (nSPS) is 15.7. The second-order valence-electron chi connectivity index (χ2n) is 8.65. The molecule has 0 radical (unpaired) electrons. The van der Waals surface area contributed by atoms with Crippen LogP contribution in [-0.4, -0.2) is 39.8 Å². The zero-order chi connectivity index (χ0) is 24.9. The molecule has 1 unspecified atom stereocenters. The van der Waals surface area contributed by atoms with Gasteiger partial charge in [0.15, 0.2) is 5.76 Å². The predicted molar refractivity (Wildman–Crippen MR) is 137 cm³/mol. The minimum absolute atomic E-state index is 0.106. The first-order chi connectivity index (χ1) is 16.9. The number of aliphatic hydroxyl groups excluding tert-OH is 1. The average Bonchev–Trinajstić information content (AvgIpc) is 3.33. The van der Waals surface area contributed by atoms with Gasteiger partial charge in [0, 0.05) is 6.54 Å². The third kappa shape index (κ3) is 5.30. The first-order valence-electron chi connectivity index (χ1n) is 11.9. The number of aryl methyl sites for hydroxylation is 2. The van der Waals surface area contributed by atoms with Crippen molar-refractivity contribution in [3.63, 3.8) is 0 Å². The number of unbranched alkanes of at least 4 members (excludes halogenated alkanes) is 1. The van der Waals surface area contributed by atoms with Crippen molar-refractivity contribution in [2.75, 3.05) is 13.2 Å². The first-order valence-corrected chi connectivity index (χ1v) is 12.7. The van der Waals surface area contributed by atoms with Crippen LogP contribution in [0.5, 0.6) is 5.75 Å². The fraction of sp³-hybridized carbons (Fsp3) is 0.321. The lowest BCUT2D eigenvalue weighted by Gasteiger charge is -2.27. The van der Waals surface area contributed by atoms with Crippen LogP contribution in [0, 0.1) is 13.8 Å². The number of benzene rings is 2. The van der Waals surface area contributed by atoms with Crippen LogP contribution < -0.4 is 4.74 Å². The van der Waals surface area contributed by atoms with E-state index < -0.39 is 17.7 Å². The number of aromatic nitrogens is 1. The van der Waals surface area contributed by atoms with Crippen LogP contribution in [0.1, 0.15) is 57.3 Å². The summed E-state index contributed by atoms with van der Waals surface area (Å²) in [5.74, 6) is -0.634. The van der Waals surface area contributed by atoms with Gasteiger partial charge >= 0.3 is 0 Å². The molecule has 0 saturated heterocycles. The molecule has 0 bridgehead atoms. The van der Waals surface area contributed by atoms with E-state index in [4.69, 9.17) is 4.74 Å². The number of aliphatic hydroxyl groups is 1. The molecule has 1 amide bonds. The van der Waals surface area contributed by atoms with Crippen LogP contribution >= 0.6 is 11.3 Å². The number of thiazole rings is 1. The third-order valence-electron chi connectivity index (χ3n) is 6.10. The number of carbonyl (C=O) groups excluding carboxylic acids is 2. The highest BCUT2D eigenvalue weighted by molar-refractivity contribution is 7.14. The summed E-state index contributed by atoms with van der Waals surface area (Å²) in [4.78, 5) is 33.3. The Kier molecular flexibility index (Phi) is 7.66. The van der Waals surface area contributed by atoms with E-state index in [1.54, 1.807) is 11.8 Å². The number of hydrogen-bond acceptors (Lipinski definition) is 6. The van der Waals surface area contributed by atoms with Gasteiger partial charge in [-0.2, -0.15) is 0 Å². The van der Waals surface area contributed by atoms with E-state index in [0.29, 0.717) is 30.1 Å². The van der Waals surface area contributed by atoms with E-state index >= 15 is 0 Å².